The number of aryl methyl sites for hydroxylation is 1. The Morgan fingerprint density at radius 2 is 2.19 bits per heavy atom. The predicted molar refractivity (Wildman–Crippen MR) is 88.9 cm³/mol. The molecule has 0 aliphatic carbocycles. The maximum Gasteiger partial charge on any atom is 0.328 e. The number of carbonyl (C=O) groups is 1. The molecular formula is C17H19NO2S. The first kappa shape index (κ1) is 15.3. The van der Waals surface area contributed by atoms with Crippen LogP contribution in [0.25, 0.3) is 6.08 Å². The minimum atomic E-state index is -0.927. The van der Waals surface area contributed by atoms with Gasteiger partial charge in [-0.15, -0.1) is 11.3 Å². The lowest BCUT2D eigenvalue weighted by Gasteiger charge is -2.24. The van der Waals surface area contributed by atoms with Crippen molar-refractivity contribution < 1.29 is 9.90 Å². The molecule has 3 nitrogen and oxygen atoms in total. The van der Waals surface area contributed by atoms with E-state index in [1.807, 2.05) is 19.1 Å². The van der Waals surface area contributed by atoms with Crippen LogP contribution in [0.3, 0.4) is 0 Å². The van der Waals surface area contributed by atoms with Gasteiger partial charge < -0.3 is 10.0 Å². The number of hydrogen-bond donors (Lipinski definition) is 1. The summed E-state index contributed by atoms with van der Waals surface area (Å²) in [5, 5.41) is 10.9. The van der Waals surface area contributed by atoms with Gasteiger partial charge in [0.05, 0.1) is 6.54 Å². The Labute approximate surface area is 129 Å². The van der Waals surface area contributed by atoms with Gasteiger partial charge in [0.2, 0.25) is 0 Å². The average Bonchev–Trinajstić information content (AvgIpc) is 2.96. The van der Waals surface area contributed by atoms with Gasteiger partial charge in [0, 0.05) is 23.2 Å². The Kier molecular flexibility index (Phi) is 5.17. The van der Waals surface area contributed by atoms with Crippen molar-refractivity contribution in [2.75, 3.05) is 11.4 Å². The maximum atomic E-state index is 10.8. The zero-order chi connectivity index (χ0) is 15.2. The summed E-state index contributed by atoms with van der Waals surface area (Å²) in [6, 6.07) is 10.3. The van der Waals surface area contributed by atoms with E-state index in [1.165, 1.54) is 11.0 Å². The van der Waals surface area contributed by atoms with Crippen molar-refractivity contribution in [3.8, 4) is 0 Å². The van der Waals surface area contributed by atoms with Crippen LogP contribution in [0.2, 0.25) is 0 Å². The van der Waals surface area contributed by atoms with E-state index in [9.17, 15) is 4.79 Å². The third-order valence-corrected chi connectivity index (χ3v) is 4.10. The molecule has 0 atom stereocenters. The topological polar surface area (TPSA) is 40.5 Å². The fraction of sp³-hybridized carbons (Fsp3) is 0.235. The van der Waals surface area contributed by atoms with E-state index >= 15 is 0 Å². The van der Waals surface area contributed by atoms with E-state index in [0.29, 0.717) is 0 Å². The first-order chi connectivity index (χ1) is 10.1. The van der Waals surface area contributed by atoms with Gasteiger partial charge in [-0.3, -0.25) is 0 Å². The molecule has 110 valence electrons. The van der Waals surface area contributed by atoms with Crippen molar-refractivity contribution in [3.63, 3.8) is 0 Å². The van der Waals surface area contributed by atoms with Crippen molar-refractivity contribution in [1.29, 1.82) is 0 Å². The van der Waals surface area contributed by atoms with Crippen molar-refractivity contribution in [2.24, 2.45) is 0 Å². The molecule has 0 saturated carbocycles. The molecule has 2 aromatic rings. The van der Waals surface area contributed by atoms with Gasteiger partial charge in [-0.2, -0.15) is 0 Å². The highest BCUT2D eigenvalue weighted by Gasteiger charge is 2.10. The van der Waals surface area contributed by atoms with E-state index in [2.05, 4.69) is 35.4 Å². The molecule has 0 saturated heterocycles. The fourth-order valence-corrected chi connectivity index (χ4v) is 2.93. The number of aliphatic carboxylic acids is 1. The van der Waals surface area contributed by atoms with Gasteiger partial charge in [0.1, 0.15) is 0 Å². The van der Waals surface area contributed by atoms with Crippen LogP contribution in [-0.2, 0) is 11.3 Å². The highest BCUT2D eigenvalue weighted by molar-refractivity contribution is 7.09. The molecule has 4 heteroatoms. The van der Waals surface area contributed by atoms with Crippen LogP contribution in [0.4, 0.5) is 5.69 Å². The molecule has 0 amide bonds. The highest BCUT2D eigenvalue weighted by Crippen LogP contribution is 2.26. The molecule has 1 aromatic carbocycles. The van der Waals surface area contributed by atoms with Crippen LogP contribution in [0.1, 0.15) is 22.9 Å². The molecule has 0 radical (unpaired) electrons. The molecule has 2 rings (SSSR count). The number of nitrogens with zero attached hydrogens (tertiary/aromatic N) is 1. The molecule has 21 heavy (non-hydrogen) atoms. The van der Waals surface area contributed by atoms with Crippen molar-refractivity contribution in [3.05, 3.63) is 57.8 Å². The summed E-state index contributed by atoms with van der Waals surface area (Å²) in [6.45, 7) is 5.83. The Morgan fingerprint density at radius 1 is 1.38 bits per heavy atom. The number of carboxylic acid groups (broad SMARTS) is 1. The third kappa shape index (κ3) is 4.20. The summed E-state index contributed by atoms with van der Waals surface area (Å²) >= 11 is 1.73. The second-order valence-electron chi connectivity index (χ2n) is 4.83. The minimum Gasteiger partial charge on any atom is -0.478 e. The van der Waals surface area contributed by atoms with E-state index in [1.54, 1.807) is 17.4 Å². The molecule has 0 fully saturated rings. The summed E-state index contributed by atoms with van der Waals surface area (Å²) < 4.78 is 0. The number of carboxylic acids is 1. The molecule has 1 aromatic heterocycles. The second-order valence-corrected chi connectivity index (χ2v) is 5.86. The highest BCUT2D eigenvalue weighted by atomic mass is 32.1. The second kappa shape index (κ2) is 7.09. The van der Waals surface area contributed by atoms with Crippen LogP contribution < -0.4 is 4.90 Å². The first-order valence-corrected chi connectivity index (χ1v) is 7.77. The van der Waals surface area contributed by atoms with Crippen LogP contribution in [0.15, 0.2) is 41.8 Å². The lowest BCUT2D eigenvalue weighted by atomic mass is 10.1. The van der Waals surface area contributed by atoms with E-state index < -0.39 is 5.97 Å². The summed E-state index contributed by atoms with van der Waals surface area (Å²) in [6.07, 6.45) is 2.86. The lowest BCUT2D eigenvalue weighted by molar-refractivity contribution is -0.131. The Morgan fingerprint density at radius 3 is 2.81 bits per heavy atom. The maximum absolute atomic E-state index is 10.8. The average molecular weight is 301 g/mol. The molecule has 0 aliphatic rings. The van der Waals surface area contributed by atoms with Gasteiger partial charge >= 0.3 is 5.97 Å². The molecule has 0 unspecified atom stereocenters. The summed E-state index contributed by atoms with van der Waals surface area (Å²) in [7, 11) is 0. The number of anilines is 1. The van der Waals surface area contributed by atoms with E-state index in [4.69, 9.17) is 5.11 Å². The van der Waals surface area contributed by atoms with Crippen LogP contribution in [0.5, 0.6) is 0 Å². The zero-order valence-electron chi connectivity index (χ0n) is 12.2. The monoisotopic (exact) mass is 301 g/mol. The Bertz CT molecular complexity index is 632. The smallest absolute Gasteiger partial charge is 0.328 e. The van der Waals surface area contributed by atoms with Gasteiger partial charge in [-0.25, -0.2) is 4.79 Å². The Balaban J connectivity index is 2.33. The van der Waals surface area contributed by atoms with Gasteiger partial charge in [0.15, 0.2) is 0 Å². The first-order valence-electron chi connectivity index (χ1n) is 6.89. The number of hydrogen-bond acceptors (Lipinski definition) is 3. The van der Waals surface area contributed by atoms with Crippen LogP contribution >= 0.6 is 11.3 Å². The molecule has 0 spiro atoms. The minimum absolute atomic E-state index is 0.838. The summed E-state index contributed by atoms with van der Waals surface area (Å²) in [5.74, 6) is -0.927. The fourth-order valence-electron chi connectivity index (χ4n) is 2.21. The molecular weight excluding hydrogens is 282 g/mol. The van der Waals surface area contributed by atoms with Gasteiger partial charge in [-0.05, 0) is 49.1 Å². The summed E-state index contributed by atoms with van der Waals surface area (Å²) in [5.41, 5.74) is 3.13. The number of benzene rings is 1. The predicted octanol–water partition coefficient (Wildman–Crippen LogP) is 4.18. The standard InChI is InChI=1S/C17H19NO2S/c1-3-18(12-15-5-4-10-21-15)16-8-6-13(2)11-14(16)7-9-17(19)20/h4-11H,3,12H2,1-2H3,(H,19,20)/b9-7+. The molecule has 1 heterocycles. The Hall–Kier alpha value is -2.07. The van der Waals surface area contributed by atoms with Crippen molar-refractivity contribution in [1.82, 2.24) is 0 Å². The van der Waals surface area contributed by atoms with Gasteiger partial charge in [-0.1, -0.05) is 17.7 Å². The molecule has 0 aliphatic heterocycles. The third-order valence-electron chi connectivity index (χ3n) is 3.24. The molecule has 1 N–H and O–H groups in total. The lowest BCUT2D eigenvalue weighted by Crippen LogP contribution is -2.22. The van der Waals surface area contributed by atoms with E-state index in [-0.39, 0.29) is 0 Å². The van der Waals surface area contributed by atoms with Gasteiger partial charge in [0.25, 0.3) is 0 Å². The largest absolute Gasteiger partial charge is 0.478 e. The van der Waals surface area contributed by atoms with Crippen molar-refractivity contribution >= 4 is 29.1 Å². The number of thiophene rings is 1. The quantitative estimate of drug-likeness (QED) is 0.814. The zero-order valence-corrected chi connectivity index (χ0v) is 13.1. The molecule has 0 bridgehead atoms. The number of rotatable bonds is 6. The van der Waals surface area contributed by atoms with E-state index in [0.717, 1.165) is 29.9 Å². The summed E-state index contributed by atoms with van der Waals surface area (Å²) in [4.78, 5) is 14.3. The van der Waals surface area contributed by atoms with Crippen molar-refractivity contribution in [2.45, 2.75) is 20.4 Å². The van der Waals surface area contributed by atoms with Crippen LogP contribution in [0, 0.1) is 6.92 Å². The van der Waals surface area contributed by atoms with Crippen LogP contribution in [-0.4, -0.2) is 17.6 Å². The normalized spacial score (nSPS) is 11.0. The SMILES string of the molecule is CCN(Cc1cccs1)c1ccc(C)cc1/C=C/C(=O)O.